The Balaban J connectivity index is 0.00000259. The second-order valence-corrected chi connectivity index (χ2v) is 7.96. The zero-order valence-electron chi connectivity index (χ0n) is 18.9. The number of hydrogen-bond donors (Lipinski definition) is 1. The second-order valence-electron chi connectivity index (χ2n) is 7.96. The van der Waals surface area contributed by atoms with Gasteiger partial charge in [-0.15, -0.1) is 17.2 Å². The molecule has 160 valence electrons. The van der Waals surface area contributed by atoms with Gasteiger partial charge in [0, 0.05) is 12.3 Å². The Morgan fingerprint density at radius 3 is 2.21 bits per heavy atom. The van der Waals surface area contributed by atoms with Crippen molar-refractivity contribution in [2.24, 2.45) is 0 Å². The molecule has 33 heavy (non-hydrogen) atoms. The molecule has 1 N–H and O–H groups in total. The van der Waals surface area contributed by atoms with Gasteiger partial charge in [0.15, 0.2) is 5.82 Å². The summed E-state index contributed by atoms with van der Waals surface area (Å²) < 4.78 is 7.18. The summed E-state index contributed by atoms with van der Waals surface area (Å²) in [4.78, 5) is 12.2. The molecule has 6 heteroatoms. The van der Waals surface area contributed by atoms with E-state index in [0.29, 0.717) is 5.82 Å². The van der Waals surface area contributed by atoms with E-state index in [1.54, 1.807) is 16.7 Å². The molecule has 0 saturated heterocycles. The van der Waals surface area contributed by atoms with Crippen LogP contribution >= 0.6 is 0 Å². The topological polar surface area (TPSA) is 56.1 Å². The molecule has 5 rings (SSSR count). The Bertz CT molecular complexity index is 1200. The van der Waals surface area contributed by atoms with Gasteiger partial charge in [-0.3, -0.25) is 5.32 Å². The first kappa shape index (κ1) is 23.2. The number of hydrogen-bond acceptors (Lipinski definition) is 3. The van der Waals surface area contributed by atoms with E-state index in [1.807, 2.05) is 55.6 Å². The van der Waals surface area contributed by atoms with Crippen molar-refractivity contribution in [2.75, 3.05) is 5.32 Å². The number of aromatic nitrogens is 2. The van der Waals surface area contributed by atoms with Crippen LogP contribution < -0.4 is 34.9 Å². The van der Waals surface area contributed by atoms with E-state index >= 15 is 0 Å². The summed E-state index contributed by atoms with van der Waals surface area (Å²) in [7, 11) is 0. The maximum atomic E-state index is 12.2. The Morgan fingerprint density at radius 1 is 0.939 bits per heavy atom. The maximum Gasteiger partial charge on any atom is 1.00 e. The van der Waals surface area contributed by atoms with Crippen molar-refractivity contribution < 1.29 is 39.1 Å². The van der Waals surface area contributed by atoms with Crippen LogP contribution in [0.3, 0.4) is 0 Å². The molecule has 0 radical (unpaired) electrons. The Kier molecular flexibility index (Phi) is 7.23. The second kappa shape index (κ2) is 10.3. The summed E-state index contributed by atoms with van der Waals surface area (Å²) in [5.74, 6) is 1.99. The number of benzene rings is 3. The summed E-state index contributed by atoms with van der Waals surface area (Å²) in [6, 6.07) is 28.3. The van der Waals surface area contributed by atoms with Crippen LogP contribution in [-0.2, 0) is 4.74 Å². The molecule has 1 saturated carbocycles. The minimum Gasteiger partial charge on any atom is -0.441 e. The van der Waals surface area contributed by atoms with Gasteiger partial charge in [-0.1, -0.05) is 55.3 Å². The third-order valence-electron chi connectivity index (χ3n) is 5.63. The smallest absolute Gasteiger partial charge is 0.441 e. The van der Waals surface area contributed by atoms with Crippen LogP contribution in [0.1, 0.15) is 37.0 Å². The fraction of sp³-hybridized carbons (Fsp3) is 0.148. The molecule has 1 amide bonds. The van der Waals surface area contributed by atoms with Gasteiger partial charge in [0.2, 0.25) is 0 Å². The number of rotatable bonds is 6. The minimum absolute atomic E-state index is 0. The maximum absolute atomic E-state index is 12.2. The average Bonchev–Trinajstić information content (AvgIpc) is 3.59. The van der Waals surface area contributed by atoms with Crippen LogP contribution in [-0.4, -0.2) is 15.9 Å². The average molecular weight is 445 g/mol. The largest absolute Gasteiger partial charge is 1.00 e. The van der Waals surface area contributed by atoms with E-state index in [4.69, 9.17) is 4.74 Å². The van der Waals surface area contributed by atoms with Gasteiger partial charge in [-0.05, 0) is 35.7 Å². The monoisotopic (exact) mass is 445 g/mol. The van der Waals surface area contributed by atoms with Crippen molar-refractivity contribution in [3.63, 3.8) is 0 Å². The summed E-state index contributed by atoms with van der Waals surface area (Å²) in [6.07, 6.45) is 3.40. The molecule has 0 spiro atoms. The van der Waals surface area contributed by atoms with E-state index in [2.05, 4.69) is 46.8 Å². The fourth-order valence-corrected chi connectivity index (χ4v) is 3.68. The number of carbonyl (C=O) groups is 1. The molecule has 0 unspecified atom stereocenters. The third-order valence-corrected chi connectivity index (χ3v) is 5.63. The number of nitrogens with zero attached hydrogens (tertiary/aromatic N) is 2. The minimum atomic E-state index is -0.533. The molecule has 4 aromatic rings. The first-order valence-corrected chi connectivity index (χ1v) is 10.8. The molecular formula is C27H24N3NaO2. The molecule has 1 fully saturated rings. The van der Waals surface area contributed by atoms with Crippen molar-refractivity contribution in [2.45, 2.75) is 25.9 Å². The van der Waals surface area contributed by atoms with Crippen LogP contribution in [0.25, 0.3) is 16.8 Å². The summed E-state index contributed by atoms with van der Waals surface area (Å²) in [6.45, 7) is 1.84. The zero-order chi connectivity index (χ0) is 21.9. The molecule has 3 aromatic carbocycles. The SMILES string of the molecule is C[C@@H](OC(=O)Nc1ccn(-c2ccc(-c3ccc([C-]4CC4)cc3)cc2)n1)c1ccccc1.[Na+]. The van der Waals surface area contributed by atoms with Gasteiger partial charge in [0.25, 0.3) is 0 Å². The fourth-order valence-electron chi connectivity index (χ4n) is 3.68. The molecule has 0 aliphatic heterocycles. The van der Waals surface area contributed by atoms with Gasteiger partial charge in [0.05, 0.1) is 5.69 Å². The summed E-state index contributed by atoms with van der Waals surface area (Å²) >= 11 is 0. The van der Waals surface area contributed by atoms with Crippen molar-refractivity contribution in [1.29, 1.82) is 0 Å². The van der Waals surface area contributed by atoms with E-state index in [1.165, 1.54) is 24.0 Å². The van der Waals surface area contributed by atoms with Crippen molar-refractivity contribution in [3.8, 4) is 16.8 Å². The number of anilines is 1. The predicted molar refractivity (Wildman–Crippen MR) is 126 cm³/mol. The number of nitrogens with one attached hydrogen (secondary N) is 1. The van der Waals surface area contributed by atoms with Crippen LogP contribution in [0.5, 0.6) is 0 Å². The summed E-state index contributed by atoms with van der Waals surface area (Å²) in [5, 5.41) is 7.14. The van der Waals surface area contributed by atoms with Crippen molar-refractivity contribution in [3.05, 3.63) is 108 Å². The van der Waals surface area contributed by atoms with Gasteiger partial charge in [-0.25, -0.2) is 9.48 Å². The molecule has 1 heterocycles. The van der Waals surface area contributed by atoms with Crippen LogP contribution in [0.15, 0.2) is 91.1 Å². The van der Waals surface area contributed by atoms with Gasteiger partial charge >= 0.3 is 35.7 Å². The van der Waals surface area contributed by atoms with Gasteiger partial charge in [-0.2, -0.15) is 23.6 Å². The van der Waals surface area contributed by atoms with E-state index in [9.17, 15) is 4.79 Å². The Labute approximate surface area is 216 Å². The van der Waals surface area contributed by atoms with Crippen molar-refractivity contribution in [1.82, 2.24) is 9.78 Å². The van der Waals surface area contributed by atoms with Crippen LogP contribution in [0.2, 0.25) is 0 Å². The predicted octanol–water partition coefficient (Wildman–Crippen LogP) is 3.57. The molecular weight excluding hydrogens is 421 g/mol. The summed E-state index contributed by atoms with van der Waals surface area (Å²) in [5.41, 5.74) is 5.57. The van der Waals surface area contributed by atoms with E-state index in [-0.39, 0.29) is 35.7 Å². The Hall–Kier alpha value is -2.99. The third kappa shape index (κ3) is 5.69. The van der Waals surface area contributed by atoms with Gasteiger partial charge in [0.1, 0.15) is 6.10 Å². The van der Waals surface area contributed by atoms with Crippen molar-refractivity contribution >= 4 is 11.9 Å². The number of ether oxygens (including phenoxy) is 1. The zero-order valence-corrected chi connectivity index (χ0v) is 20.9. The number of carbonyl (C=O) groups excluding carboxylic acids is 1. The molecule has 1 atom stereocenters. The first-order chi connectivity index (χ1) is 15.7. The first-order valence-electron chi connectivity index (χ1n) is 10.8. The molecule has 1 aromatic heterocycles. The molecule has 1 aliphatic rings. The molecule has 0 bridgehead atoms. The van der Waals surface area contributed by atoms with E-state index < -0.39 is 6.09 Å². The van der Waals surface area contributed by atoms with Crippen LogP contribution in [0, 0.1) is 5.92 Å². The van der Waals surface area contributed by atoms with E-state index in [0.717, 1.165) is 16.8 Å². The molecule has 5 nitrogen and oxygen atoms in total. The molecule has 1 aliphatic carbocycles. The van der Waals surface area contributed by atoms with Crippen LogP contribution in [0.4, 0.5) is 10.6 Å². The standard InChI is InChI=1S/C27H24N3O2.Na/c1-19(20-5-3-2-4-6-20)32-27(31)28-26-17-18-30(29-26)25-15-13-24(14-16-25)23-11-9-22(10-12-23)21-7-8-21;/h2-6,9-19H,7-8H2,1H3,(H,28,29,31);/q-1;+1/t19-;/m1./s1. The Morgan fingerprint density at radius 2 is 1.58 bits per heavy atom. The normalized spacial score (nSPS) is 13.1. The number of amides is 1. The quantitative estimate of drug-likeness (QED) is 0.365. The van der Waals surface area contributed by atoms with Gasteiger partial charge < -0.3 is 4.74 Å².